The molecule has 0 heterocycles. The molecule has 0 rings (SSSR count). The molecule has 3 unspecified atom stereocenters. The number of amides is 1. The summed E-state index contributed by atoms with van der Waals surface area (Å²) in [5, 5.41) is 14.0. The number of carbonyl (C=O) groups excluding carboxylic acids is 1. The van der Waals surface area contributed by atoms with Crippen molar-refractivity contribution in [1.82, 2.24) is 5.32 Å². The van der Waals surface area contributed by atoms with Crippen LogP contribution in [0, 0.1) is 0 Å². The molecule has 528 valence electrons. The second kappa shape index (κ2) is 71.7. The minimum atomic E-state index is -4.62. The van der Waals surface area contributed by atoms with Crippen molar-refractivity contribution in [2.45, 2.75) is 334 Å². The fraction of sp³-hybridized carbons (Fsp3) is 0.699. The van der Waals surface area contributed by atoms with Crippen molar-refractivity contribution in [3.63, 3.8) is 0 Å². The number of phosphoric ester groups is 1. The molecule has 0 bridgehead atoms. The van der Waals surface area contributed by atoms with Gasteiger partial charge in [0.15, 0.2) is 0 Å². The van der Waals surface area contributed by atoms with Crippen LogP contribution in [0.25, 0.3) is 0 Å². The number of rotatable bonds is 69. The van der Waals surface area contributed by atoms with Gasteiger partial charge in [-0.2, -0.15) is 0 Å². The number of allylic oxidation sites excluding steroid dienone is 23. The lowest BCUT2D eigenvalue weighted by Gasteiger charge is -2.29. The predicted molar refractivity (Wildman–Crippen MR) is 403 cm³/mol. The molecule has 0 aromatic heterocycles. The number of hydrogen-bond acceptors (Lipinski definition) is 6. The van der Waals surface area contributed by atoms with E-state index in [1.54, 1.807) is 6.08 Å². The van der Waals surface area contributed by atoms with Crippen LogP contribution in [-0.4, -0.2) is 68.5 Å². The zero-order valence-corrected chi connectivity index (χ0v) is 61.4. The van der Waals surface area contributed by atoms with E-state index in [2.05, 4.69) is 153 Å². The lowest BCUT2D eigenvalue weighted by Crippen LogP contribution is -2.45. The smallest absolute Gasteiger partial charge is 0.268 e. The molecule has 0 radical (unpaired) electrons. The van der Waals surface area contributed by atoms with Crippen LogP contribution >= 0.6 is 7.82 Å². The van der Waals surface area contributed by atoms with Crippen LogP contribution in [0.5, 0.6) is 0 Å². The summed E-state index contributed by atoms with van der Waals surface area (Å²) in [5.74, 6) is -0.218. The number of phosphoric acid groups is 1. The van der Waals surface area contributed by atoms with Crippen LogP contribution in [0.3, 0.4) is 0 Å². The largest absolute Gasteiger partial charge is 0.756 e. The minimum Gasteiger partial charge on any atom is -0.756 e. The number of aliphatic hydroxyl groups excluding tert-OH is 1. The molecule has 1 amide bonds. The first-order chi connectivity index (χ1) is 45.0. The lowest BCUT2D eigenvalue weighted by molar-refractivity contribution is -0.870. The first-order valence-corrected chi connectivity index (χ1v) is 39.7. The monoisotopic (exact) mass is 1300 g/mol. The van der Waals surface area contributed by atoms with Gasteiger partial charge in [0.25, 0.3) is 7.82 Å². The van der Waals surface area contributed by atoms with Crippen molar-refractivity contribution in [3.8, 4) is 0 Å². The number of unbranched alkanes of at least 4 members (excludes halogenated alkanes) is 34. The summed E-state index contributed by atoms with van der Waals surface area (Å²) in [5.41, 5.74) is 0. The second-order valence-corrected chi connectivity index (χ2v) is 28.0. The van der Waals surface area contributed by atoms with Crippen LogP contribution in [-0.2, 0) is 18.4 Å². The van der Waals surface area contributed by atoms with Gasteiger partial charge in [0, 0.05) is 6.42 Å². The van der Waals surface area contributed by atoms with Crippen LogP contribution in [0.15, 0.2) is 146 Å². The molecule has 0 aliphatic carbocycles. The van der Waals surface area contributed by atoms with E-state index in [0.29, 0.717) is 17.4 Å². The Morgan fingerprint density at radius 1 is 0.391 bits per heavy atom. The van der Waals surface area contributed by atoms with Crippen LogP contribution < -0.4 is 10.2 Å². The number of quaternary nitrogens is 1. The Balaban J connectivity index is 4.15. The van der Waals surface area contributed by atoms with Gasteiger partial charge >= 0.3 is 0 Å². The Bertz CT molecular complexity index is 2020. The fourth-order valence-electron chi connectivity index (χ4n) is 10.7. The van der Waals surface area contributed by atoms with E-state index >= 15 is 0 Å². The van der Waals surface area contributed by atoms with Gasteiger partial charge in [-0.15, -0.1) is 0 Å². The average Bonchev–Trinajstić information content (AvgIpc) is 2.63. The number of carbonyl (C=O) groups is 1. The summed E-state index contributed by atoms with van der Waals surface area (Å²) >= 11 is 0. The maximum atomic E-state index is 13.1. The van der Waals surface area contributed by atoms with Gasteiger partial charge in [0.1, 0.15) is 13.2 Å². The van der Waals surface area contributed by atoms with Crippen molar-refractivity contribution in [3.05, 3.63) is 146 Å². The standard InChI is InChI=1S/C83H145N2O6P/c1-6-8-10-12-14-16-18-20-22-24-26-28-30-32-34-36-38-39-40-41-42-43-44-45-47-49-51-53-55-57-59-61-63-65-67-69-71-73-75-77-83(87)84-81(80-91-92(88,89)90-79-78-85(3,4)5)82(86)76-74-72-70-68-66-64-62-60-58-56-54-52-50-48-46-37-35-33-31-29-27-25-23-21-19-17-15-13-11-9-7-2/h8,10,14,16,20,22,26,28,32,34,38-39,41-42,44-45,49,51,55,57,61,63,74,76,81-82,86H,6-7,9,11-13,15,17-19,21,23-25,27,29-31,33,35-37,40,43,46-48,50,52-54,56,58-60,62,64-73,75,77-80H2,1-5H3,(H-,84,87,88,89)/b10-8-,16-14-,22-20-,28-26-,34-32-,39-38-,42-41-,45-44-,51-49-,57-55-,63-61-,76-74+. The Kier molecular flexibility index (Phi) is 68.8. The Morgan fingerprint density at radius 3 is 0.967 bits per heavy atom. The Hall–Kier alpha value is -3.62. The summed E-state index contributed by atoms with van der Waals surface area (Å²) in [7, 11) is 1.24. The summed E-state index contributed by atoms with van der Waals surface area (Å²) in [6, 6.07) is -0.910. The zero-order chi connectivity index (χ0) is 66.9. The SMILES string of the molecule is CC/C=C\C/C=C\C/C=C\C/C=C\C/C=C\C/C=C\C/C=C\C/C=C\C/C=C\C/C=C\C/C=C\CCCCCCCC(=O)NC(COP(=O)([O-])OCC[N+](C)(C)C)C(O)/C=C/CCCCCCCCCCCCCCCCCCCCCCCCCCCCCCC. The predicted octanol–water partition coefficient (Wildman–Crippen LogP) is 24.5. The van der Waals surface area contributed by atoms with E-state index in [9.17, 15) is 19.4 Å². The summed E-state index contributed by atoms with van der Waals surface area (Å²) in [4.78, 5) is 25.7. The van der Waals surface area contributed by atoms with Crippen molar-refractivity contribution in [2.24, 2.45) is 0 Å². The molecule has 92 heavy (non-hydrogen) atoms. The highest BCUT2D eigenvalue weighted by Crippen LogP contribution is 2.38. The Labute approximate surface area is 569 Å². The number of aliphatic hydroxyl groups is 1. The minimum absolute atomic E-state index is 0.0120. The van der Waals surface area contributed by atoms with Crippen molar-refractivity contribution in [1.29, 1.82) is 0 Å². The third-order valence-electron chi connectivity index (χ3n) is 16.6. The Morgan fingerprint density at radius 2 is 0.663 bits per heavy atom. The van der Waals surface area contributed by atoms with Crippen molar-refractivity contribution < 1.29 is 32.9 Å². The summed E-state index contributed by atoms with van der Waals surface area (Å²) < 4.78 is 23.5. The van der Waals surface area contributed by atoms with Gasteiger partial charge < -0.3 is 28.8 Å². The number of nitrogens with zero attached hydrogens (tertiary/aromatic N) is 1. The highest BCUT2D eigenvalue weighted by atomic mass is 31.2. The summed E-state index contributed by atoms with van der Waals surface area (Å²) in [6.07, 6.45) is 110. The molecule has 3 atom stereocenters. The van der Waals surface area contributed by atoms with Crippen molar-refractivity contribution in [2.75, 3.05) is 40.9 Å². The third-order valence-corrected chi connectivity index (χ3v) is 17.5. The molecule has 0 fully saturated rings. The second-order valence-electron chi connectivity index (χ2n) is 26.6. The molecule has 0 aromatic carbocycles. The molecule has 0 saturated carbocycles. The summed E-state index contributed by atoms with van der Waals surface area (Å²) in [6.45, 7) is 4.54. The first kappa shape index (κ1) is 88.4. The van der Waals surface area contributed by atoms with E-state index in [1.807, 2.05) is 27.2 Å². The molecular formula is C83H145N2O6P. The van der Waals surface area contributed by atoms with Gasteiger partial charge in [0.05, 0.1) is 39.9 Å². The molecule has 0 aromatic rings. The quantitative estimate of drug-likeness (QED) is 0.0272. The molecule has 8 nitrogen and oxygen atoms in total. The van der Waals surface area contributed by atoms with E-state index < -0.39 is 26.6 Å². The highest BCUT2D eigenvalue weighted by Gasteiger charge is 2.23. The van der Waals surface area contributed by atoms with Crippen LogP contribution in [0.2, 0.25) is 0 Å². The number of hydrogen-bond donors (Lipinski definition) is 2. The van der Waals surface area contributed by atoms with Gasteiger partial charge in [-0.25, -0.2) is 0 Å². The van der Waals surface area contributed by atoms with E-state index in [1.165, 1.54) is 173 Å². The third kappa shape index (κ3) is 73.8. The molecule has 0 aliphatic heterocycles. The maximum absolute atomic E-state index is 13.1. The zero-order valence-electron chi connectivity index (χ0n) is 60.5. The average molecular weight is 1300 g/mol. The highest BCUT2D eigenvalue weighted by molar-refractivity contribution is 7.45. The molecule has 9 heteroatoms. The topological polar surface area (TPSA) is 108 Å². The molecular weight excluding hydrogens is 1150 g/mol. The van der Waals surface area contributed by atoms with E-state index in [-0.39, 0.29) is 12.5 Å². The van der Waals surface area contributed by atoms with Gasteiger partial charge in [0.2, 0.25) is 5.91 Å². The molecule has 0 saturated heterocycles. The fourth-order valence-corrected chi connectivity index (χ4v) is 11.4. The van der Waals surface area contributed by atoms with E-state index in [4.69, 9.17) is 9.05 Å². The van der Waals surface area contributed by atoms with Gasteiger partial charge in [-0.1, -0.05) is 359 Å². The van der Waals surface area contributed by atoms with Gasteiger partial charge in [-0.3, -0.25) is 9.36 Å². The normalized spacial score (nSPS) is 14.4. The van der Waals surface area contributed by atoms with E-state index in [0.717, 1.165) is 128 Å². The van der Waals surface area contributed by atoms with Gasteiger partial charge in [-0.05, 0) is 103 Å². The van der Waals surface area contributed by atoms with Crippen LogP contribution in [0.4, 0.5) is 0 Å². The maximum Gasteiger partial charge on any atom is 0.268 e. The number of likely N-dealkylation sites (N-methyl/N-ethyl adjacent to an activating group) is 1. The molecule has 0 aliphatic rings. The van der Waals surface area contributed by atoms with Crippen molar-refractivity contribution >= 4 is 13.7 Å². The molecule has 0 spiro atoms. The van der Waals surface area contributed by atoms with Crippen LogP contribution in [0.1, 0.15) is 322 Å². The lowest BCUT2D eigenvalue weighted by atomic mass is 10.0. The molecule has 2 N–H and O–H groups in total. The number of nitrogens with one attached hydrogen (secondary N) is 1. The first-order valence-electron chi connectivity index (χ1n) is 38.2.